The molecule has 178 valence electrons. The largest absolute Gasteiger partial charge is 1.00 e. The first-order valence-electron chi connectivity index (χ1n) is 10.0. The van der Waals surface area contributed by atoms with Gasteiger partial charge in [0, 0.05) is 24.6 Å². The fourth-order valence-corrected chi connectivity index (χ4v) is 3.47. The van der Waals surface area contributed by atoms with Crippen LogP contribution in [0.3, 0.4) is 0 Å². The van der Waals surface area contributed by atoms with Crippen LogP contribution >= 0.6 is 0 Å². The van der Waals surface area contributed by atoms with Crippen LogP contribution < -0.4 is 31.8 Å². The summed E-state index contributed by atoms with van der Waals surface area (Å²) in [5.74, 6) is -0.642. The van der Waals surface area contributed by atoms with E-state index in [0.29, 0.717) is 22.6 Å². The zero-order chi connectivity index (χ0) is 23.5. The van der Waals surface area contributed by atoms with Crippen LogP contribution in [0.5, 0.6) is 0 Å². The molecule has 0 unspecified atom stereocenters. The van der Waals surface area contributed by atoms with Gasteiger partial charge in [0.25, 0.3) is 0 Å². The number of hydrogen-bond acceptors (Lipinski definition) is 6. The maximum atomic E-state index is 14.9. The van der Waals surface area contributed by atoms with Gasteiger partial charge in [-0.1, -0.05) is 0 Å². The number of anilines is 1. The molecule has 0 saturated carbocycles. The number of nitrogens with one attached hydrogen (secondary N) is 1. The van der Waals surface area contributed by atoms with Gasteiger partial charge in [-0.15, -0.1) is 0 Å². The molecule has 1 aromatic carbocycles. The second-order valence-corrected chi connectivity index (χ2v) is 7.47. The van der Waals surface area contributed by atoms with E-state index in [9.17, 15) is 24.1 Å². The normalized spacial score (nSPS) is 14.9. The summed E-state index contributed by atoms with van der Waals surface area (Å²) in [6, 6.07) is 10.7. The van der Waals surface area contributed by atoms with E-state index in [4.69, 9.17) is 9.15 Å². The molecule has 1 saturated heterocycles. The number of benzene rings is 1. The van der Waals surface area contributed by atoms with Gasteiger partial charge in [-0.3, -0.25) is 19.8 Å². The summed E-state index contributed by atoms with van der Waals surface area (Å²) in [5.41, 5.74) is 1.33. The van der Waals surface area contributed by atoms with Gasteiger partial charge in [-0.05, 0) is 29.8 Å². The van der Waals surface area contributed by atoms with Gasteiger partial charge in [0.2, 0.25) is 12.5 Å². The van der Waals surface area contributed by atoms with Gasteiger partial charge in [0.1, 0.15) is 16.8 Å². The van der Waals surface area contributed by atoms with Gasteiger partial charge in [-0.2, -0.15) is 4.57 Å². The Bertz CT molecular complexity index is 1220. The van der Waals surface area contributed by atoms with Crippen molar-refractivity contribution in [2.45, 2.75) is 19.6 Å². The van der Waals surface area contributed by atoms with E-state index in [0.717, 1.165) is 0 Å². The topological polar surface area (TPSA) is 119 Å². The molecule has 2 amide bonds. The highest BCUT2D eigenvalue weighted by atomic mass is 79.9. The minimum absolute atomic E-state index is 0. The van der Waals surface area contributed by atoms with E-state index in [1.807, 2.05) is 0 Å². The summed E-state index contributed by atoms with van der Waals surface area (Å²) >= 11 is 0. The molecule has 12 heteroatoms. The van der Waals surface area contributed by atoms with Crippen molar-refractivity contribution in [3.05, 3.63) is 76.6 Å². The van der Waals surface area contributed by atoms with E-state index in [2.05, 4.69) is 5.32 Å². The molecule has 1 aliphatic heterocycles. The predicted molar refractivity (Wildman–Crippen MR) is 113 cm³/mol. The minimum atomic E-state index is -0.602. The third-order valence-electron chi connectivity index (χ3n) is 5.09. The number of nitro groups is 1. The number of cyclic esters (lactones) is 1. The molecule has 34 heavy (non-hydrogen) atoms. The lowest BCUT2D eigenvalue weighted by Crippen LogP contribution is -3.00. The van der Waals surface area contributed by atoms with Crippen LogP contribution in [0, 0.1) is 15.9 Å². The molecule has 0 aliphatic carbocycles. The maximum Gasteiger partial charge on any atom is 0.433 e. The van der Waals surface area contributed by atoms with Gasteiger partial charge in [-0.25, -0.2) is 9.18 Å². The number of hydrogen-bond donors (Lipinski definition) is 1. The first kappa shape index (κ1) is 24.8. The van der Waals surface area contributed by atoms with Crippen LogP contribution in [0.2, 0.25) is 0 Å². The highest BCUT2D eigenvalue weighted by Crippen LogP contribution is 2.28. The minimum Gasteiger partial charge on any atom is -1.00 e. The zero-order valence-electron chi connectivity index (χ0n) is 17.9. The second-order valence-electron chi connectivity index (χ2n) is 7.47. The molecule has 1 atom stereocenters. The molecule has 0 spiro atoms. The quantitative estimate of drug-likeness (QED) is 0.254. The van der Waals surface area contributed by atoms with Crippen LogP contribution in [0.25, 0.3) is 11.1 Å². The molecule has 2 aromatic heterocycles. The van der Waals surface area contributed by atoms with Crippen LogP contribution in [0.15, 0.2) is 59.3 Å². The lowest BCUT2D eigenvalue weighted by molar-refractivity contribution is -0.690. The number of rotatable bonds is 7. The van der Waals surface area contributed by atoms with Crippen molar-refractivity contribution in [3.63, 3.8) is 0 Å². The second kappa shape index (κ2) is 10.4. The van der Waals surface area contributed by atoms with E-state index >= 15 is 0 Å². The Morgan fingerprint density at radius 3 is 2.62 bits per heavy atom. The smallest absolute Gasteiger partial charge is 0.433 e. The van der Waals surface area contributed by atoms with Gasteiger partial charge < -0.3 is 31.5 Å². The Hall–Kier alpha value is -3.80. The Morgan fingerprint density at radius 2 is 2.00 bits per heavy atom. The number of furan rings is 1. The fourth-order valence-electron chi connectivity index (χ4n) is 3.47. The van der Waals surface area contributed by atoms with Crippen LogP contribution in [-0.4, -0.2) is 36.1 Å². The highest BCUT2D eigenvalue weighted by Gasteiger charge is 2.32. The predicted octanol–water partition coefficient (Wildman–Crippen LogP) is -0.205. The molecule has 1 fully saturated rings. The third-order valence-corrected chi connectivity index (χ3v) is 5.09. The highest BCUT2D eigenvalue weighted by molar-refractivity contribution is 5.90. The van der Waals surface area contributed by atoms with Crippen molar-refractivity contribution in [1.82, 2.24) is 5.32 Å². The third kappa shape index (κ3) is 5.57. The SMILES string of the molecule is CC(=O)NC[C@H]1CN(c2ccc(-c3cc[n+](Cc4ccc([N+](=O)[O-])o4)cc3)c(F)c2)C(=O)O1.[Br-]. The molecule has 0 bridgehead atoms. The molecule has 3 aromatic rings. The summed E-state index contributed by atoms with van der Waals surface area (Å²) in [6.45, 7) is 2.05. The first-order valence-corrected chi connectivity index (χ1v) is 10.0. The standard InChI is InChI=1S/C22H19FN4O6.BrH/c1-14(28)24-11-18-13-26(22(29)33-18)16-2-4-19(20(23)10-16)15-6-8-25(9-7-15)12-17-3-5-21(32-17)27(30)31;/h2-10,18H,11-13H2,1H3;1H/t18-;/m0./s1. The molecule has 3 heterocycles. The molecular formula is C22H20BrFN4O6. The van der Waals surface area contributed by atoms with Crippen molar-refractivity contribution < 1.29 is 49.6 Å². The average molecular weight is 535 g/mol. The fraction of sp³-hybridized carbons (Fsp3) is 0.227. The van der Waals surface area contributed by atoms with Gasteiger partial charge in [0.15, 0.2) is 18.2 Å². The number of nitrogens with zero attached hydrogens (tertiary/aromatic N) is 3. The number of halogens is 2. The summed E-state index contributed by atoms with van der Waals surface area (Å²) in [6.07, 6.45) is 2.31. The number of carbonyl (C=O) groups is 2. The Kier molecular flexibility index (Phi) is 7.61. The molecule has 10 nitrogen and oxygen atoms in total. The van der Waals surface area contributed by atoms with Crippen LogP contribution in [-0.2, 0) is 16.1 Å². The monoisotopic (exact) mass is 534 g/mol. The Morgan fingerprint density at radius 1 is 1.26 bits per heavy atom. The molecule has 4 rings (SSSR count). The van der Waals surface area contributed by atoms with Crippen molar-refractivity contribution in [3.8, 4) is 11.1 Å². The molecule has 1 N–H and O–H groups in total. The van der Waals surface area contributed by atoms with E-state index in [1.165, 1.54) is 30.0 Å². The summed E-state index contributed by atoms with van der Waals surface area (Å²) < 4.78 is 27.0. The van der Waals surface area contributed by atoms with E-state index in [-0.39, 0.29) is 48.4 Å². The number of pyridine rings is 1. The van der Waals surface area contributed by atoms with Crippen molar-refractivity contribution in [2.24, 2.45) is 0 Å². The zero-order valence-corrected chi connectivity index (χ0v) is 19.5. The molecule has 0 radical (unpaired) electrons. The lowest BCUT2D eigenvalue weighted by atomic mass is 10.1. The van der Waals surface area contributed by atoms with Crippen LogP contribution in [0.1, 0.15) is 12.7 Å². The summed E-state index contributed by atoms with van der Waals surface area (Å²) in [5, 5.41) is 13.3. The van der Waals surface area contributed by atoms with E-state index in [1.54, 1.807) is 41.2 Å². The Labute approximate surface area is 203 Å². The van der Waals surface area contributed by atoms with Crippen molar-refractivity contribution in [1.29, 1.82) is 0 Å². The number of carbonyl (C=O) groups excluding carboxylic acids is 2. The summed E-state index contributed by atoms with van der Waals surface area (Å²) in [4.78, 5) is 34.6. The van der Waals surface area contributed by atoms with E-state index < -0.39 is 22.9 Å². The summed E-state index contributed by atoms with van der Waals surface area (Å²) in [7, 11) is 0. The lowest BCUT2D eigenvalue weighted by Gasteiger charge is -2.14. The van der Waals surface area contributed by atoms with Gasteiger partial charge in [0.05, 0.1) is 24.8 Å². The first-order chi connectivity index (χ1) is 15.8. The van der Waals surface area contributed by atoms with Crippen molar-refractivity contribution >= 4 is 23.6 Å². The van der Waals surface area contributed by atoms with Gasteiger partial charge >= 0.3 is 12.0 Å². The number of aromatic nitrogens is 1. The average Bonchev–Trinajstić information content (AvgIpc) is 3.39. The van der Waals surface area contributed by atoms with Crippen molar-refractivity contribution in [2.75, 3.05) is 18.0 Å². The van der Waals surface area contributed by atoms with Crippen LogP contribution in [0.4, 0.5) is 20.8 Å². The number of amides is 2. The number of ether oxygens (including phenoxy) is 1. The molecule has 1 aliphatic rings. The molecular weight excluding hydrogens is 515 g/mol. The Balaban J connectivity index is 0.00000324. The maximum absolute atomic E-state index is 14.9.